The Hall–Kier alpha value is -1.88. The Morgan fingerprint density at radius 2 is 1.78 bits per heavy atom. The maximum Gasteiger partial charge on any atom is 0.243 e. The number of nitrogens with two attached hydrogens (primary N) is 1. The molecule has 0 saturated heterocycles. The highest BCUT2D eigenvalue weighted by Crippen LogP contribution is 2.26. The number of nitrogens with one attached hydrogen (secondary N) is 1. The van der Waals surface area contributed by atoms with Gasteiger partial charge in [-0.15, -0.1) is 11.8 Å². The largest absolute Gasteiger partial charge is 0.369 e. The quantitative estimate of drug-likeness (QED) is 0.573. The lowest BCUT2D eigenvalue weighted by atomic mass is 10.3. The van der Waals surface area contributed by atoms with E-state index < -0.39 is 21.8 Å². The van der Waals surface area contributed by atoms with Crippen molar-refractivity contribution in [1.82, 2.24) is 4.31 Å². The van der Waals surface area contributed by atoms with Crippen LogP contribution in [0, 0.1) is 0 Å². The van der Waals surface area contributed by atoms with Crippen LogP contribution in [0.2, 0.25) is 0 Å². The van der Waals surface area contributed by atoms with Crippen LogP contribution in [0.15, 0.2) is 62.8 Å². The Kier molecular flexibility index (Phi) is 7.42. The van der Waals surface area contributed by atoms with Crippen molar-refractivity contribution in [2.45, 2.75) is 9.79 Å². The number of hydrogen-bond donors (Lipinski definition) is 2. The van der Waals surface area contributed by atoms with E-state index in [9.17, 15) is 18.0 Å². The molecule has 0 spiro atoms. The molecule has 144 valence electrons. The molecule has 27 heavy (non-hydrogen) atoms. The van der Waals surface area contributed by atoms with E-state index in [4.69, 9.17) is 5.73 Å². The van der Waals surface area contributed by atoms with Gasteiger partial charge in [-0.2, -0.15) is 4.31 Å². The van der Waals surface area contributed by atoms with Crippen LogP contribution in [0.4, 0.5) is 5.69 Å². The first-order chi connectivity index (χ1) is 12.7. The Labute approximate surface area is 170 Å². The van der Waals surface area contributed by atoms with Crippen LogP contribution in [-0.2, 0) is 19.6 Å². The number of para-hydroxylation sites is 1. The summed E-state index contributed by atoms with van der Waals surface area (Å²) in [4.78, 5) is 24.0. The molecule has 0 aliphatic carbocycles. The molecule has 0 unspecified atom stereocenters. The van der Waals surface area contributed by atoms with E-state index in [0.29, 0.717) is 10.6 Å². The van der Waals surface area contributed by atoms with Gasteiger partial charge < -0.3 is 11.1 Å². The zero-order valence-corrected chi connectivity index (χ0v) is 17.6. The molecule has 0 heterocycles. The fourth-order valence-electron chi connectivity index (χ4n) is 2.11. The Bertz CT molecular complexity index is 933. The number of primary amides is 1. The van der Waals surface area contributed by atoms with E-state index in [2.05, 4.69) is 21.2 Å². The summed E-state index contributed by atoms with van der Waals surface area (Å²) in [7, 11) is -2.45. The highest BCUT2D eigenvalue weighted by molar-refractivity contribution is 9.10. The van der Waals surface area contributed by atoms with E-state index in [1.54, 1.807) is 36.4 Å². The van der Waals surface area contributed by atoms with Crippen molar-refractivity contribution < 1.29 is 18.0 Å². The Balaban J connectivity index is 2.07. The SMILES string of the molecule is CN(CC(=O)Nc1ccccc1SCC(N)=O)S(=O)(=O)c1ccc(Br)cc1. The van der Waals surface area contributed by atoms with Crippen molar-refractivity contribution in [3.63, 3.8) is 0 Å². The van der Waals surface area contributed by atoms with Gasteiger partial charge in [0.2, 0.25) is 21.8 Å². The van der Waals surface area contributed by atoms with E-state index in [1.165, 1.54) is 30.9 Å². The van der Waals surface area contributed by atoms with Gasteiger partial charge in [0, 0.05) is 16.4 Å². The topological polar surface area (TPSA) is 110 Å². The lowest BCUT2D eigenvalue weighted by molar-refractivity contribution is -0.116. The van der Waals surface area contributed by atoms with Crippen LogP contribution in [-0.4, -0.2) is 43.9 Å². The zero-order valence-electron chi connectivity index (χ0n) is 14.4. The molecule has 2 amide bonds. The van der Waals surface area contributed by atoms with Gasteiger partial charge in [-0.05, 0) is 36.4 Å². The second-order valence-corrected chi connectivity index (χ2v) is 9.49. The summed E-state index contributed by atoms with van der Waals surface area (Å²) >= 11 is 4.45. The van der Waals surface area contributed by atoms with Crippen molar-refractivity contribution in [3.8, 4) is 0 Å². The summed E-state index contributed by atoms with van der Waals surface area (Å²) in [5.74, 6) is -0.892. The van der Waals surface area contributed by atoms with Gasteiger partial charge in [0.05, 0.1) is 22.9 Å². The Morgan fingerprint density at radius 3 is 2.41 bits per heavy atom. The van der Waals surface area contributed by atoms with Crippen LogP contribution in [0.25, 0.3) is 0 Å². The molecule has 0 bridgehead atoms. The number of carbonyl (C=O) groups excluding carboxylic acids is 2. The number of halogens is 1. The molecule has 10 heteroatoms. The molecule has 7 nitrogen and oxygen atoms in total. The number of anilines is 1. The van der Waals surface area contributed by atoms with Crippen molar-refractivity contribution in [2.75, 3.05) is 24.7 Å². The van der Waals surface area contributed by atoms with Crippen LogP contribution in [0.1, 0.15) is 0 Å². The van der Waals surface area contributed by atoms with Gasteiger partial charge >= 0.3 is 0 Å². The fourth-order valence-corrected chi connectivity index (χ4v) is 4.25. The third kappa shape index (κ3) is 6.06. The van der Waals surface area contributed by atoms with Gasteiger partial charge in [-0.25, -0.2) is 8.42 Å². The molecule has 2 aromatic rings. The lowest BCUT2D eigenvalue weighted by Crippen LogP contribution is -2.35. The number of likely N-dealkylation sites (N-methyl/N-ethyl adjacent to an activating group) is 1. The van der Waals surface area contributed by atoms with Gasteiger partial charge in [-0.1, -0.05) is 28.1 Å². The summed E-state index contributed by atoms with van der Waals surface area (Å²) in [5, 5.41) is 2.67. The molecule has 0 aliphatic rings. The van der Waals surface area contributed by atoms with Crippen LogP contribution in [0.5, 0.6) is 0 Å². The van der Waals surface area contributed by atoms with E-state index in [0.717, 1.165) is 8.78 Å². The minimum Gasteiger partial charge on any atom is -0.369 e. The van der Waals surface area contributed by atoms with E-state index in [-0.39, 0.29) is 17.2 Å². The molecule has 0 fully saturated rings. The maximum absolute atomic E-state index is 12.6. The monoisotopic (exact) mass is 471 g/mol. The van der Waals surface area contributed by atoms with Crippen molar-refractivity contribution >= 4 is 55.2 Å². The predicted octanol–water partition coefficient (Wildman–Crippen LogP) is 2.29. The third-order valence-corrected chi connectivity index (χ3v) is 6.86. The minimum atomic E-state index is -3.79. The molecule has 0 radical (unpaired) electrons. The first-order valence-electron chi connectivity index (χ1n) is 7.72. The smallest absolute Gasteiger partial charge is 0.243 e. The molecule has 0 aromatic heterocycles. The summed E-state index contributed by atoms with van der Waals surface area (Å²) in [5.41, 5.74) is 5.64. The summed E-state index contributed by atoms with van der Waals surface area (Å²) in [6, 6.07) is 13.1. The minimum absolute atomic E-state index is 0.0741. The maximum atomic E-state index is 12.6. The number of amides is 2. The van der Waals surface area contributed by atoms with Crippen LogP contribution < -0.4 is 11.1 Å². The predicted molar refractivity (Wildman–Crippen MR) is 109 cm³/mol. The molecule has 0 aliphatic heterocycles. The number of carbonyl (C=O) groups is 2. The standard InChI is InChI=1S/C17H18BrN3O4S2/c1-21(27(24,25)13-8-6-12(18)7-9-13)10-17(23)20-14-4-2-3-5-15(14)26-11-16(19)22/h2-9H,10-11H2,1H3,(H2,19,22)(H,20,23). The first-order valence-corrected chi connectivity index (χ1v) is 10.9. The summed E-state index contributed by atoms with van der Waals surface area (Å²) < 4.78 is 26.8. The van der Waals surface area contributed by atoms with Gasteiger partial charge in [0.25, 0.3) is 0 Å². The van der Waals surface area contributed by atoms with Crippen molar-refractivity contribution in [2.24, 2.45) is 5.73 Å². The number of benzene rings is 2. The van der Waals surface area contributed by atoms with E-state index >= 15 is 0 Å². The molecule has 0 atom stereocenters. The number of sulfonamides is 1. The summed E-state index contributed by atoms with van der Waals surface area (Å²) in [6.45, 7) is -0.354. The average molecular weight is 472 g/mol. The Morgan fingerprint density at radius 1 is 1.15 bits per heavy atom. The number of thioether (sulfide) groups is 1. The first kappa shape index (κ1) is 21.4. The molecule has 3 N–H and O–H groups in total. The van der Waals surface area contributed by atoms with Crippen LogP contribution >= 0.6 is 27.7 Å². The highest BCUT2D eigenvalue weighted by Gasteiger charge is 2.23. The molecule has 2 aromatic carbocycles. The van der Waals surface area contributed by atoms with E-state index in [1.807, 2.05) is 0 Å². The molecular weight excluding hydrogens is 454 g/mol. The number of rotatable bonds is 8. The van der Waals surface area contributed by atoms with Gasteiger partial charge in [0.1, 0.15) is 0 Å². The number of nitrogens with zero attached hydrogens (tertiary/aromatic N) is 1. The van der Waals surface area contributed by atoms with Crippen molar-refractivity contribution in [3.05, 3.63) is 53.0 Å². The molecule has 0 saturated carbocycles. The second-order valence-electron chi connectivity index (χ2n) is 5.51. The zero-order chi connectivity index (χ0) is 20.0. The fraction of sp³-hybridized carbons (Fsp3) is 0.176. The second kappa shape index (κ2) is 9.36. The average Bonchev–Trinajstić information content (AvgIpc) is 2.61. The van der Waals surface area contributed by atoms with Crippen molar-refractivity contribution in [1.29, 1.82) is 0 Å². The van der Waals surface area contributed by atoms with Gasteiger partial charge in [0.15, 0.2) is 0 Å². The lowest BCUT2D eigenvalue weighted by Gasteiger charge is -2.17. The summed E-state index contributed by atoms with van der Waals surface area (Å²) in [6.07, 6.45) is 0. The van der Waals surface area contributed by atoms with Gasteiger partial charge in [-0.3, -0.25) is 9.59 Å². The van der Waals surface area contributed by atoms with Crippen LogP contribution in [0.3, 0.4) is 0 Å². The highest BCUT2D eigenvalue weighted by atomic mass is 79.9. The molecular formula is C17H18BrN3O4S2. The normalized spacial score (nSPS) is 11.4. The number of hydrogen-bond acceptors (Lipinski definition) is 5. The molecule has 2 rings (SSSR count). The third-order valence-electron chi connectivity index (χ3n) is 3.42.